The second-order valence-electron chi connectivity index (χ2n) is 4.09. The van der Waals surface area contributed by atoms with E-state index in [4.69, 9.17) is 5.73 Å². The molecule has 2 heterocycles. The molecule has 0 aliphatic carbocycles. The molecule has 4 nitrogen and oxygen atoms in total. The lowest BCUT2D eigenvalue weighted by Gasteiger charge is -2.35. The minimum absolute atomic E-state index is 0.0150. The Morgan fingerprint density at radius 1 is 1.46 bits per heavy atom. The van der Waals surface area contributed by atoms with Gasteiger partial charge in [0.25, 0.3) is 5.91 Å². The number of piperidine rings is 1. The van der Waals surface area contributed by atoms with E-state index in [0.717, 1.165) is 25.9 Å². The molecule has 1 amide bonds. The van der Waals surface area contributed by atoms with E-state index in [1.807, 2.05) is 0 Å². The van der Waals surface area contributed by atoms with Crippen LogP contribution in [0.15, 0.2) is 0 Å². The number of nitrogens with two attached hydrogens (primary N) is 1. The van der Waals surface area contributed by atoms with Gasteiger partial charge in [0, 0.05) is 12.6 Å². The van der Waals surface area contributed by atoms with E-state index >= 15 is 0 Å². The van der Waals surface area contributed by atoms with Crippen molar-refractivity contribution in [1.82, 2.24) is 4.90 Å². The first-order valence-electron chi connectivity index (χ1n) is 4.91. The Labute approximate surface area is 77.7 Å². The third-order valence-electron chi connectivity index (χ3n) is 3.37. The summed E-state index contributed by atoms with van der Waals surface area (Å²) >= 11 is 0. The topological polar surface area (TPSA) is 66.6 Å². The van der Waals surface area contributed by atoms with Crippen LogP contribution in [0.1, 0.15) is 25.7 Å². The molecule has 2 saturated heterocycles. The average molecular weight is 184 g/mol. The highest BCUT2D eigenvalue weighted by molar-refractivity contribution is 5.84. The molecule has 2 atom stereocenters. The Morgan fingerprint density at radius 2 is 2.23 bits per heavy atom. The van der Waals surface area contributed by atoms with Gasteiger partial charge in [-0.3, -0.25) is 9.69 Å². The Balaban J connectivity index is 2.19. The minimum atomic E-state index is -1.25. The summed E-state index contributed by atoms with van der Waals surface area (Å²) in [6.45, 7) is 1.81. The normalized spacial score (nSPS) is 40.2. The number of aliphatic hydroxyl groups is 1. The molecule has 0 spiro atoms. The quantitative estimate of drug-likeness (QED) is 0.575. The van der Waals surface area contributed by atoms with E-state index in [2.05, 4.69) is 4.90 Å². The third kappa shape index (κ3) is 1.25. The number of fused-ring (bicyclic) bond motifs is 1. The molecule has 2 unspecified atom stereocenters. The van der Waals surface area contributed by atoms with Crippen LogP contribution < -0.4 is 5.73 Å². The van der Waals surface area contributed by atoms with E-state index in [9.17, 15) is 9.90 Å². The van der Waals surface area contributed by atoms with E-state index in [1.165, 1.54) is 6.42 Å². The zero-order valence-electron chi connectivity index (χ0n) is 7.70. The van der Waals surface area contributed by atoms with Gasteiger partial charge in [0.2, 0.25) is 0 Å². The largest absolute Gasteiger partial charge is 0.378 e. The van der Waals surface area contributed by atoms with E-state index in [1.54, 1.807) is 0 Å². The molecule has 4 heteroatoms. The molecule has 2 fully saturated rings. The van der Waals surface area contributed by atoms with Gasteiger partial charge in [0.15, 0.2) is 5.60 Å². The zero-order chi connectivity index (χ0) is 9.47. The third-order valence-corrected chi connectivity index (χ3v) is 3.37. The maximum atomic E-state index is 11.1. The van der Waals surface area contributed by atoms with Crippen molar-refractivity contribution < 1.29 is 9.90 Å². The van der Waals surface area contributed by atoms with Crippen molar-refractivity contribution in [3.05, 3.63) is 0 Å². The number of hydrogen-bond acceptors (Lipinski definition) is 3. The molecule has 0 radical (unpaired) electrons. The Hall–Kier alpha value is -0.610. The van der Waals surface area contributed by atoms with Crippen LogP contribution in [-0.2, 0) is 4.79 Å². The van der Waals surface area contributed by atoms with Gasteiger partial charge in [-0.1, -0.05) is 6.42 Å². The molecule has 2 aliphatic rings. The van der Waals surface area contributed by atoms with Crippen molar-refractivity contribution >= 4 is 5.91 Å². The molecule has 2 aliphatic heterocycles. The predicted molar refractivity (Wildman–Crippen MR) is 48.0 cm³/mol. The van der Waals surface area contributed by atoms with Gasteiger partial charge in [-0.05, 0) is 25.8 Å². The van der Waals surface area contributed by atoms with Gasteiger partial charge < -0.3 is 10.8 Å². The SMILES string of the molecule is NC(=O)C1(O)CCN2CCCCC21. The van der Waals surface area contributed by atoms with Crippen molar-refractivity contribution in [2.45, 2.75) is 37.3 Å². The van der Waals surface area contributed by atoms with Gasteiger partial charge in [0.05, 0.1) is 0 Å². The molecule has 0 aromatic carbocycles. The van der Waals surface area contributed by atoms with Crippen molar-refractivity contribution in [1.29, 1.82) is 0 Å². The fourth-order valence-corrected chi connectivity index (χ4v) is 2.57. The lowest BCUT2D eigenvalue weighted by Crippen LogP contribution is -2.54. The second kappa shape index (κ2) is 2.96. The Kier molecular flexibility index (Phi) is 2.04. The van der Waals surface area contributed by atoms with Crippen LogP contribution in [-0.4, -0.2) is 40.6 Å². The summed E-state index contributed by atoms with van der Waals surface area (Å²) < 4.78 is 0. The monoisotopic (exact) mass is 184 g/mol. The summed E-state index contributed by atoms with van der Waals surface area (Å²) in [7, 11) is 0. The second-order valence-corrected chi connectivity index (χ2v) is 4.09. The molecule has 3 N–H and O–H groups in total. The summed E-state index contributed by atoms with van der Waals surface area (Å²) in [5, 5.41) is 10.0. The van der Waals surface area contributed by atoms with E-state index in [-0.39, 0.29) is 6.04 Å². The van der Waals surface area contributed by atoms with E-state index in [0.29, 0.717) is 6.42 Å². The number of nitrogens with zero attached hydrogens (tertiary/aromatic N) is 1. The number of carbonyl (C=O) groups excluding carboxylic acids is 1. The van der Waals surface area contributed by atoms with Crippen LogP contribution in [0.4, 0.5) is 0 Å². The van der Waals surface area contributed by atoms with Crippen LogP contribution in [0.25, 0.3) is 0 Å². The predicted octanol–water partition coefficient (Wildman–Crippen LogP) is -0.539. The van der Waals surface area contributed by atoms with Gasteiger partial charge in [-0.25, -0.2) is 0 Å². The first kappa shape index (κ1) is 8.97. The number of rotatable bonds is 1. The Morgan fingerprint density at radius 3 is 2.92 bits per heavy atom. The highest BCUT2D eigenvalue weighted by Gasteiger charge is 2.50. The summed E-state index contributed by atoms with van der Waals surface area (Å²) in [6, 6.07) is -0.0150. The van der Waals surface area contributed by atoms with Gasteiger partial charge in [-0.2, -0.15) is 0 Å². The number of amides is 1. The smallest absolute Gasteiger partial charge is 0.251 e. The first-order valence-corrected chi connectivity index (χ1v) is 4.91. The molecular weight excluding hydrogens is 168 g/mol. The molecule has 13 heavy (non-hydrogen) atoms. The van der Waals surface area contributed by atoms with Gasteiger partial charge in [-0.15, -0.1) is 0 Å². The standard InChI is InChI=1S/C9H16N2O2/c10-8(12)9(13)4-6-11-5-2-1-3-7(9)11/h7,13H,1-6H2,(H2,10,12). The minimum Gasteiger partial charge on any atom is -0.378 e. The Bertz CT molecular complexity index is 232. The summed E-state index contributed by atoms with van der Waals surface area (Å²) in [5.41, 5.74) is 3.97. The van der Waals surface area contributed by atoms with Crippen LogP contribution in [0.5, 0.6) is 0 Å². The zero-order valence-corrected chi connectivity index (χ0v) is 7.70. The van der Waals surface area contributed by atoms with Crippen LogP contribution in [0, 0.1) is 0 Å². The number of primary amides is 1. The molecule has 2 rings (SSSR count). The average Bonchev–Trinajstić information content (AvgIpc) is 2.47. The summed E-state index contributed by atoms with van der Waals surface area (Å²) in [5.74, 6) is -0.554. The van der Waals surface area contributed by atoms with Crippen molar-refractivity contribution in [2.24, 2.45) is 5.73 Å². The van der Waals surface area contributed by atoms with Crippen LogP contribution in [0.3, 0.4) is 0 Å². The highest BCUT2D eigenvalue weighted by Crippen LogP contribution is 2.34. The van der Waals surface area contributed by atoms with Crippen molar-refractivity contribution in [2.75, 3.05) is 13.1 Å². The maximum absolute atomic E-state index is 11.1. The number of hydrogen-bond donors (Lipinski definition) is 2. The summed E-state index contributed by atoms with van der Waals surface area (Å²) in [6.07, 6.45) is 3.68. The highest BCUT2D eigenvalue weighted by atomic mass is 16.3. The summed E-state index contributed by atoms with van der Waals surface area (Å²) in [4.78, 5) is 13.3. The van der Waals surface area contributed by atoms with Crippen molar-refractivity contribution in [3.8, 4) is 0 Å². The fourth-order valence-electron chi connectivity index (χ4n) is 2.57. The first-order chi connectivity index (χ1) is 6.14. The van der Waals surface area contributed by atoms with Crippen molar-refractivity contribution in [3.63, 3.8) is 0 Å². The molecule has 0 bridgehead atoms. The lowest BCUT2D eigenvalue weighted by molar-refractivity contribution is -0.139. The van der Waals surface area contributed by atoms with Crippen LogP contribution >= 0.6 is 0 Å². The molecule has 0 saturated carbocycles. The van der Waals surface area contributed by atoms with Crippen LogP contribution in [0.2, 0.25) is 0 Å². The van der Waals surface area contributed by atoms with Gasteiger partial charge >= 0.3 is 0 Å². The van der Waals surface area contributed by atoms with E-state index < -0.39 is 11.5 Å². The number of carbonyl (C=O) groups is 1. The molecule has 0 aromatic heterocycles. The molecule has 74 valence electrons. The lowest BCUT2D eigenvalue weighted by atomic mass is 9.88. The molecule has 0 aromatic rings. The van der Waals surface area contributed by atoms with Gasteiger partial charge in [0.1, 0.15) is 0 Å². The maximum Gasteiger partial charge on any atom is 0.251 e. The fraction of sp³-hybridized carbons (Fsp3) is 0.889. The molecular formula is C9H16N2O2.